The second-order valence-corrected chi connectivity index (χ2v) is 7.68. The quantitative estimate of drug-likeness (QED) is 0.172. The van der Waals surface area contributed by atoms with Crippen LogP contribution in [0.1, 0.15) is 16.8 Å². The van der Waals surface area contributed by atoms with E-state index in [0.29, 0.717) is 28.5 Å². The Balaban J connectivity index is 1.60. The fraction of sp³-hybridized carbons (Fsp3) is 0.238. The number of aryl methyl sites for hydroxylation is 2. The van der Waals surface area contributed by atoms with E-state index in [2.05, 4.69) is 10.3 Å². The van der Waals surface area contributed by atoms with Crippen LogP contribution in [0.4, 0.5) is 17.6 Å². The standard InChI is InChI=1S/C21H19F4N3O2S/c1-14-18(19(28(2)27-14)30-16-6-4-3-5-7-16)12-26-29-13-15-8-10-17(11-9-15)31-21(24,25)20(22)23/h3-12,20H,13H2,1-2H3. The Morgan fingerprint density at radius 3 is 2.45 bits per heavy atom. The number of rotatable bonds is 9. The number of benzene rings is 2. The summed E-state index contributed by atoms with van der Waals surface area (Å²) in [5.41, 5.74) is 1.99. The van der Waals surface area contributed by atoms with Gasteiger partial charge >= 0.3 is 11.7 Å². The summed E-state index contributed by atoms with van der Waals surface area (Å²) >= 11 is -0.182. The molecular weight excluding hydrogens is 434 g/mol. The number of hydrogen-bond acceptors (Lipinski definition) is 5. The van der Waals surface area contributed by atoms with E-state index >= 15 is 0 Å². The molecule has 0 amide bonds. The van der Waals surface area contributed by atoms with Crippen molar-refractivity contribution in [2.45, 2.75) is 30.1 Å². The van der Waals surface area contributed by atoms with E-state index in [-0.39, 0.29) is 23.3 Å². The molecule has 164 valence electrons. The predicted molar refractivity (Wildman–Crippen MR) is 110 cm³/mol. The van der Waals surface area contributed by atoms with Gasteiger partial charge < -0.3 is 9.57 Å². The van der Waals surface area contributed by atoms with E-state index < -0.39 is 11.7 Å². The molecule has 1 aromatic heterocycles. The van der Waals surface area contributed by atoms with Gasteiger partial charge in [-0.2, -0.15) is 13.9 Å². The first-order chi connectivity index (χ1) is 14.8. The maximum absolute atomic E-state index is 13.1. The van der Waals surface area contributed by atoms with Crippen LogP contribution < -0.4 is 4.74 Å². The summed E-state index contributed by atoms with van der Waals surface area (Å²) in [7, 11) is 1.75. The molecule has 0 saturated carbocycles. The molecule has 5 nitrogen and oxygen atoms in total. The molecule has 1 heterocycles. The normalized spacial score (nSPS) is 12.0. The van der Waals surface area contributed by atoms with Crippen LogP contribution in [0.5, 0.6) is 11.6 Å². The Kier molecular flexibility index (Phi) is 7.21. The van der Waals surface area contributed by atoms with Gasteiger partial charge in [-0.3, -0.25) is 0 Å². The minimum absolute atomic E-state index is 0.0336. The van der Waals surface area contributed by atoms with Gasteiger partial charge in [-0.1, -0.05) is 35.5 Å². The summed E-state index contributed by atoms with van der Waals surface area (Å²) in [6, 6.07) is 14.9. The van der Waals surface area contributed by atoms with Gasteiger partial charge in [-0.25, -0.2) is 13.5 Å². The van der Waals surface area contributed by atoms with Crippen molar-refractivity contribution in [1.82, 2.24) is 9.78 Å². The molecule has 0 saturated heterocycles. The molecule has 0 aliphatic heterocycles. The maximum Gasteiger partial charge on any atom is 0.357 e. The lowest BCUT2D eigenvalue weighted by Gasteiger charge is -2.14. The topological polar surface area (TPSA) is 48.6 Å². The monoisotopic (exact) mass is 453 g/mol. The van der Waals surface area contributed by atoms with E-state index in [9.17, 15) is 17.6 Å². The first-order valence-electron chi connectivity index (χ1n) is 9.12. The van der Waals surface area contributed by atoms with Crippen LogP contribution >= 0.6 is 11.8 Å². The molecule has 0 unspecified atom stereocenters. The Morgan fingerprint density at radius 1 is 1.13 bits per heavy atom. The number of nitrogens with zero attached hydrogens (tertiary/aromatic N) is 3. The molecule has 31 heavy (non-hydrogen) atoms. The van der Waals surface area contributed by atoms with Crippen LogP contribution in [-0.4, -0.2) is 27.7 Å². The molecule has 0 atom stereocenters. The van der Waals surface area contributed by atoms with Gasteiger partial charge in [0.15, 0.2) is 0 Å². The summed E-state index contributed by atoms with van der Waals surface area (Å²) in [5, 5.41) is 4.12. The predicted octanol–water partition coefficient (Wildman–Crippen LogP) is 6.02. The zero-order valence-electron chi connectivity index (χ0n) is 16.6. The van der Waals surface area contributed by atoms with Crippen LogP contribution in [0, 0.1) is 6.92 Å². The Labute approximate surface area is 180 Å². The molecule has 0 fully saturated rings. The average Bonchev–Trinajstić information content (AvgIpc) is 2.99. The lowest BCUT2D eigenvalue weighted by Crippen LogP contribution is -2.21. The van der Waals surface area contributed by atoms with Gasteiger partial charge in [0, 0.05) is 11.9 Å². The molecule has 0 N–H and O–H groups in total. The Morgan fingerprint density at radius 2 is 1.81 bits per heavy atom. The Hall–Kier alpha value is -3.01. The first-order valence-corrected chi connectivity index (χ1v) is 9.93. The van der Waals surface area contributed by atoms with E-state index in [4.69, 9.17) is 9.57 Å². The van der Waals surface area contributed by atoms with Crippen molar-refractivity contribution in [3.05, 3.63) is 71.4 Å². The highest BCUT2D eigenvalue weighted by atomic mass is 32.2. The van der Waals surface area contributed by atoms with Crippen molar-refractivity contribution in [2.75, 3.05) is 0 Å². The zero-order chi connectivity index (χ0) is 22.4. The fourth-order valence-corrected chi connectivity index (χ4v) is 3.26. The van der Waals surface area contributed by atoms with E-state index in [1.807, 2.05) is 37.3 Å². The van der Waals surface area contributed by atoms with E-state index in [1.165, 1.54) is 30.5 Å². The molecule has 3 aromatic rings. The minimum atomic E-state index is -4.14. The highest BCUT2D eigenvalue weighted by molar-refractivity contribution is 8.00. The lowest BCUT2D eigenvalue weighted by molar-refractivity contribution is -0.0563. The molecule has 0 radical (unpaired) electrons. The van der Waals surface area contributed by atoms with Gasteiger partial charge in [-0.05, 0) is 48.5 Å². The third-order valence-electron chi connectivity index (χ3n) is 4.09. The number of aromatic nitrogens is 2. The van der Waals surface area contributed by atoms with E-state index in [0.717, 1.165) is 0 Å². The maximum atomic E-state index is 13.1. The summed E-state index contributed by atoms with van der Waals surface area (Å²) in [5.74, 6) is 1.15. The lowest BCUT2D eigenvalue weighted by atomic mass is 10.2. The van der Waals surface area contributed by atoms with Crippen LogP contribution in [0.2, 0.25) is 0 Å². The average molecular weight is 453 g/mol. The van der Waals surface area contributed by atoms with Crippen LogP contribution in [0.15, 0.2) is 64.6 Å². The van der Waals surface area contributed by atoms with Crippen molar-refractivity contribution >= 4 is 18.0 Å². The molecule has 0 aliphatic carbocycles. The second kappa shape index (κ2) is 9.86. The molecule has 10 heteroatoms. The number of alkyl halides is 4. The van der Waals surface area contributed by atoms with Gasteiger partial charge in [0.25, 0.3) is 0 Å². The Bertz CT molecular complexity index is 1030. The largest absolute Gasteiger partial charge is 0.439 e. The smallest absolute Gasteiger partial charge is 0.357 e. The highest BCUT2D eigenvalue weighted by Crippen LogP contribution is 2.40. The third kappa shape index (κ3) is 6.00. The van der Waals surface area contributed by atoms with Gasteiger partial charge in [-0.15, -0.1) is 0 Å². The van der Waals surface area contributed by atoms with Crippen molar-refractivity contribution in [3.63, 3.8) is 0 Å². The number of para-hydroxylation sites is 1. The van der Waals surface area contributed by atoms with Crippen LogP contribution in [0.25, 0.3) is 0 Å². The number of oxime groups is 1. The van der Waals surface area contributed by atoms with E-state index in [1.54, 1.807) is 11.7 Å². The number of thioether (sulfide) groups is 1. The summed E-state index contributed by atoms with van der Waals surface area (Å²) in [4.78, 5) is 5.31. The molecule has 2 aromatic carbocycles. The third-order valence-corrected chi connectivity index (χ3v) is 5.05. The highest BCUT2D eigenvalue weighted by Gasteiger charge is 2.41. The number of ether oxygens (including phenoxy) is 1. The fourth-order valence-electron chi connectivity index (χ4n) is 2.58. The second-order valence-electron chi connectivity index (χ2n) is 6.46. The molecule has 0 spiro atoms. The number of hydrogen-bond donors (Lipinski definition) is 0. The number of halogens is 4. The summed E-state index contributed by atoms with van der Waals surface area (Å²) in [6.07, 6.45) is -2.25. The minimum Gasteiger partial charge on any atom is -0.439 e. The summed E-state index contributed by atoms with van der Waals surface area (Å²) in [6.45, 7) is 1.88. The van der Waals surface area contributed by atoms with Crippen molar-refractivity contribution in [3.8, 4) is 11.6 Å². The van der Waals surface area contributed by atoms with Gasteiger partial charge in [0.05, 0.1) is 17.5 Å². The van der Waals surface area contributed by atoms with Gasteiger partial charge in [0.2, 0.25) is 5.88 Å². The molecule has 3 rings (SSSR count). The first kappa shape index (κ1) is 22.7. The van der Waals surface area contributed by atoms with Crippen molar-refractivity contribution < 1.29 is 27.1 Å². The SMILES string of the molecule is Cc1nn(C)c(Oc2ccccc2)c1C=NOCc1ccc(SC(F)(F)C(F)F)cc1. The summed E-state index contributed by atoms with van der Waals surface area (Å²) < 4.78 is 58.2. The van der Waals surface area contributed by atoms with Gasteiger partial charge in [0.1, 0.15) is 12.4 Å². The molecule has 0 bridgehead atoms. The molecule has 0 aliphatic rings. The molecular formula is C21H19F4N3O2S. The van der Waals surface area contributed by atoms with Crippen molar-refractivity contribution in [1.29, 1.82) is 0 Å². The zero-order valence-corrected chi connectivity index (χ0v) is 17.5. The van der Waals surface area contributed by atoms with Crippen LogP contribution in [0.3, 0.4) is 0 Å². The van der Waals surface area contributed by atoms with Crippen molar-refractivity contribution in [2.24, 2.45) is 12.2 Å². The van der Waals surface area contributed by atoms with Crippen LogP contribution in [-0.2, 0) is 18.5 Å².